The van der Waals surface area contributed by atoms with Crippen molar-refractivity contribution in [3.63, 3.8) is 0 Å². The van der Waals surface area contributed by atoms with E-state index in [1.54, 1.807) is 0 Å². The molecule has 0 unspecified atom stereocenters. The number of sulfonamides is 1. The van der Waals surface area contributed by atoms with E-state index in [4.69, 9.17) is 5.73 Å². The zero-order chi connectivity index (χ0) is 36.6. The summed E-state index contributed by atoms with van der Waals surface area (Å²) in [6, 6.07) is 8.90. The topological polar surface area (TPSA) is 164 Å². The highest BCUT2D eigenvalue weighted by Crippen LogP contribution is 2.31. The molecule has 1 fully saturated rings. The Morgan fingerprint density at radius 1 is 0.980 bits per heavy atom. The Hall–Kier alpha value is -4.84. The number of rotatable bonds is 10. The standard InChI is InChI=1S/C29H29F5N6O6S.C2H6/c1-2-28(30,31)19-5-3-18(4-6-19)16-37-26(42)24-17-39(27(43)38-20-11-12-36-23(15-20)25(35)41)13-14-40(24)47(44,45)22-9-7-21(8-10-22)46-29(32,33)34;1-2/h3-12,15,24H,2,13-14,16-17H2,1H3,(H2,35,41)(H,37,42)(H,36,38,43);1-2H3/t24-;/m1./s1. The van der Waals surface area contributed by atoms with E-state index in [1.165, 1.54) is 49.5 Å². The Morgan fingerprint density at radius 3 is 2.18 bits per heavy atom. The van der Waals surface area contributed by atoms with Crippen LogP contribution < -0.4 is 21.1 Å². The Balaban J connectivity index is 0.00000319. The van der Waals surface area contributed by atoms with E-state index < -0.39 is 76.4 Å². The molecule has 2 aromatic carbocycles. The molecule has 4 N–H and O–H groups in total. The fraction of sp³-hybridized carbons (Fsp3) is 0.355. The number of primary amides is 1. The number of nitrogens with zero attached hydrogens (tertiary/aromatic N) is 3. The summed E-state index contributed by atoms with van der Waals surface area (Å²) in [6.45, 7) is 4.11. The van der Waals surface area contributed by atoms with Crippen LogP contribution in [0.5, 0.6) is 5.75 Å². The minimum absolute atomic E-state index is 0.130. The van der Waals surface area contributed by atoms with Gasteiger partial charge in [0.1, 0.15) is 17.5 Å². The van der Waals surface area contributed by atoms with Gasteiger partial charge in [-0.3, -0.25) is 14.6 Å². The van der Waals surface area contributed by atoms with E-state index in [0.717, 1.165) is 33.5 Å². The molecule has 2 heterocycles. The molecule has 18 heteroatoms. The van der Waals surface area contributed by atoms with Crippen molar-refractivity contribution >= 4 is 33.6 Å². The van der Waals surface area contributed by atoms with Crippen molar-refractivity contribution in [2.45, 2.75) is 57.0 Å². The lowest BCUT2D eigenvalue weighted by molar-refractivity contribution is -0.274. The summed E-state index contributed by atoms with van der Waals surface area (Å²) in [5, 5.41) is 5.09. The number of nitrogens with one attached hydrogen (secondary N) is 2. The van der Waals surface area contributed by atoms with Gasteiger partial charge < -0.3 is 26.0 Å². The molecule has 1 aliphatic heterocycles. The summed E-state index contributed by atoms with van der Waals surface area (Å²) in [5.74, 6) is -5.39. The molecule has 4 amide bonds. The number of aromatic nitrogens is 1. The molecule has 0 radical (unpaired) electrons. The van der Waals surface area contributed by atoms with Crippen LogP contribution in [0.2, 0.25) is 0 Å². The fourth-order valence-electron chi connectivity index (χ4n) is 4.62. The first kappa shape index (κ1) is 38.6. The number of anilines is 1. The number of carbonyl (C=O) groups excluding carboxylic acids is 3. The lowest BCUT2D eigenvalue weighted by atomic mass is 10.0. The van der Waals surface area contributed by atoms with E-state index in [9.17, 15) is 44.8 Å². The number of nitrogens with two attached hydrogens (primary N) is 1. The number of benzene rings is 2. The third kappa shape index (κ3) is 10.1. The normalized spacial score (nSPS) is 15.4. The van der Waals surface area contributed by atoms with Gasteiger partial charge in [0.2, 0.25) is 15.9 Å². The Morgan fingerprint density at radius 2 is 1.61 bits per heavy atom. The van der Waals surface area contributed by atoms with Crippen LogP contribution in [-0.2, 0) is 27.3 Å². The summed E-state index contributed by atoms with van der Waals surface area (Å²) in [5.41, 5.74) is 5.45. The highest BCUT2D eigenvalue weighted by molar-refractivity contribution is 7.89. The van der Waals surface area contributed by atoms with Gasteiger partial charge in [0, 0.05) is 50.0 Å². The maximum absolute atomic E-state index is 14.0. The number of hydrogen-bond acceptors (Lipinski definition) is 7. The molecule has 4 rings (SSSR count). The second-order valence-corrected chi connectivity index (χ2v) is 12.2. The van der Waals surface area contributed by atoms with Crippen LogP contribution in [0, 0.1) is 0 Å². The molecule has 1 atom stereocenters. The number of halogens is 5. The van der Waals surface area contributed by atoms with Gasteiger partial charge in [-0.05, 0) is 42.0 Å². The number of hydrogen-bond donors (Lipinski definition) is 3. The van der Waals surface area contributed by atoms with Crippen LogP contribution in [0.25, 0.3) is 0 Å². The van der Waals surface area contributed by atoms with E-state index >= 15 is 0 Å². The maximum atomic E-state index is 14.0. The number of alkyl halides is 5. The van der Waals surface area contributed by atoms with Crippen molar-refractivity contribution in [2.75, 3.05) is 25.0 Å². The number of ether oxygens (including phenoxy) is 1. The third-order valence-electron chi connectivity index (χ3n) is 7.14. The number of urea groups is 1. The minimum Gasteiger partial charge on any atom is -0.406 e. The van der Waals surface area contributed by atoms with Crippen molar-refractivity contribution in [1.82, 2.24) is 19.5 Å². The van der Waals surface area contributed by atoms with Crippen LogP contribution in [-0.4, -0.2) is 72.5 Å². The van der Waals surface area contributed by atoms with Crippen molar-refractivity contribution in [3.05, 3.63) is 83.7 Å². The average Bonchev–Trinajstić information content (AvgIpc) is 3.07. The first-order valence-corrected chi connectivity index (χ1v) is 16.4. The van der Waals surface area contributed by atoms with Crippen LogP contribution in [0.4, 0.5) is 32.4 Å². The van der Waals surface area contributed by atoms with Gasteiger partial charge >= 0.3 is 12.4 Å². The lowest BCUT2D eigenvalue weighted by Crippen LogP contribution is -2.61. The molecule has 0 bridgehead atoms. The van der Waals surface area contributed by atoms with E-state index in [2.05, 4.69) is 20.4 Å². The number of carbonyl (C=O) groups is 3. The van der Waals surface area contributed by atoms with Crippen LogP contribution in [0.1, 0.15) is 48.8 Å². The molecule has 1 saturated heterocycles. The summed E-state index contributed by atoms with van der Waals surface area (Å²) in [4.78, 5) is 42.6. The fourth-order valence-corrected chi connectivity index (χ4v) is 6.19. The first-order valence-electron chi connectivity index (χ1n) is 14.9. The first-order chi connectivity index (χ1) is 23.0. The molecule has 0 saturated carbocycles. The van der Waals surface area contributed by atoms with Gasteiger partial charge in [0.05, 0.1) is 4.90 Å². The number of pyridine rings is 1. The van der Waals surface area contributed by atoms with Gasteiger partial charge in [-0.25, -0.2) is 22.0 Å². The van der Waals surface area contributed by atoms with Gasteiger partial charge in [-0.15, -0.1) is 13.2 Å². The zero-order valence-electron chi connectivity index (χ0n) is 26.6. The molecular formula is C31H35F5N6O6S. The van der Waals surface area contributed by atoms with Gasteiger partial charge in [0.25, 0.3) is 11.8 Å². The van der Waals surface area contributed by atoms with Crippen LogP contribution >= 0.6 is 0 Å². The molecular weight excluding hydrogens is 679 g/mol. The van der Waals surface area contributed by atoms with Crippen LogP contribution in [0.3, 0.4) is 0 Å². The van der Waals surface area contributed by atoms with E-state index in [1.807, 2.05) is 13.8 Å². The molecule has 1 aromatic heterocycles. The van der Waals surface area contributed by atoms with Crippen molar-refractivity contribution in [2.24, 2.45) is 5.73 Å². The molecule has 266 valence electrons. The second kappa shape index (κ2) is 16.0. The van der Waals surface area contributed by atoms with Gasteiger partial charge in [-0.2, -0.15) is 4.31 Å². The predicted molar refractivity (Wildman–Crippen MR) is 168 cm³/mol. The summed E-state index contributed by atoms with van der Waals surface area (Å²) in [7, 11) is -4.51. The number of amides is 4. The lowest BCUT2D eigenvalue weighted by Gasteiger charge is -2.39. The summed E-state index contributed by atoms with van der Waals surface area (Å²) in [6.07, 6.45) is -4.18. The number of piperazine rings is 1. The smallest absolute Gasteiger partial charge is 0.406 e. The van der Waals surface area contributed by atoms with Crippen molar-refractivity contribution in [1.29, 1.82) is 0 Å². The monoisotopic (exact) mass is 714 g/mol. The SMILES string of the molecule is CC.CCC(F)(F)c1ccc(CNC(=O)[C@H]2CN(C(=O)Nc3ccnc(C(N)=O)c3)CCN2S(=O)(=O)c2ccc(OC(F)(F)F)cc2)cc1. The molecule has 3 aromatic rings. The summed E-state index contributed by atoms with van der Waals surface area (Å²) < 4.78 is 97.7. The molecule has 12 nitrogen and oxygen atoms in total. The quantitative estimate of drug-likeness (QED) is 0.253. The highest BCUT2D eigenvalue weighted by atomic mass is 32.2. The minimum atomic E-state index is -5.00. The van der Waals surface area contributed by atoms with Crippen molar-refractivity contribution in [3.8, 4) is 5.75 Å². The van der Waals surface area contributed by atoms with Crippen molar-refractivity contribution < 1.29 is 49.5 Å². The zero-order valence-corrected chi connectivity index (χ0v) is 27.4. The average molecular weight is 715 g/mol. The highest BCUT2D eigenvalue weighted by Gasteiger charge is 2.41. The summed E-state index contributed by atoms with van der Waals surface area (Å²) >= 11 is 0. The predicted octanol–water partition coefficient (Wildman–Crippen LogP) is 4.83. The molecule has 1 aliphatic rings. The third-order valence-corrected chi connectivity index (χ3v) is 9.06. The van der Waals surface area contributed by atoms with Gasteiger partial charge in [-0.1, -0.05) is 45.0 Å². The van der Waals surface area contributed by atoms with E-state index in [0.29, 0.717) is 5.56 Å². The molecule has 0 aliphatic carbocycles. The Bertz CT molecular complexity index is 1720. The van der Waals surface area contributed by atoms with Crippen LogP contribution in [0.15, 0.2) is 71.8 Å². The van der Waals surface area contributed by atoms with E-state index in [-0.39, 0.29) is 30.0 Å². The largest absolute Gasteiger partial charge is 0.573 e. The van der Waals surface area contributed by atoms with Gasteiger partial charge in [0.15, 0.2) is 0 Å². The Kier molecular flexibility index (Phi) is 12.6. The maximum Gasteiger partial charge on any atom is 0.573 e. The Labute approximate surface area is 279 Å². The molecule has 49 heavy (non-hydrogen) atoms. The molecule has 0 spiro atoms. The second-order valence-electron chi connectivity index (χ2n) is 10.3.